The fraction of sp³-hybridized carbons (Fsp3) is 0.312. The van der Waals surface area contributed by atoms with E-state index in [-0.39, 0.29) is 11.8 Å². The molecule has 4 rings (SSSR count). The molecule has 1 fully saturated rings. The summed E-state index contributed by atoms with van der Waals surface area (Å²) in [5, 5.41) is 20.8. The third-order valence-corrected chi connectivity index (χ3v) is 4.45. The minimum absolute atomic E-state index is 0.0419. The van der Waals surface area contributed by atoms with E-state index in [1.807, 2.05) is 0 Å². The highest BCUT2D eigenvalue weighted by molar-refractivity contribution is 5.99. The second kappa shape index (κ2) is 6.42. The van der Waals surface area contributed by atoms with Gasteiger partial charge >= 0.3 is 0 Å². The molecule has 0 saturated carbocycles. The van der Waals surface area contributed by atoms with Crippen LogP contribution in [0.4, 0.5) is 4.39 Å². The van der Waals surface area contributed by atoms with Crippen LogP contribution in [0.25, 0.3) is 11.3 Å². The van der Waals surface area contributed by atoms with Crippen LogP contribution in [0.3, 0.4) is 0 Å². The first kappa shape index (κ1) is 15.4. The maximum atomic E-state index is 14.1. The number of carbonyl (C=O) groups is 1. The van der Waals surface area contributed by atoms with E-state index in [9.17, 15) is 9.18 Å². The van der Waals surface area contributed by atoms with E-state index >= 15 is 0 Å². The molecule has 8 nitrogen and oxygen atoms in total. The van der Waals surface area contributed by atoms with Crippen LogP contribution in [0, 0.1) is 5.82 Å². The average Bonchev–Trinajstić information content (AvgIpc) is 3.33. The summed E-state index contributed by atoms with van der Waals surface area (Å²) in [7, 11) is 0. The first-order chi connectivity index (χ1) is 12.2. The number of tetrazole rings is 1. The SMILES string of the molecule is O=C(c1cn[nH]c1-c1ccccc1F)N1CCCC(c2nn[nH]n2)C1. The zero-order chi connectivity index (χ0) is 17.2. The highest BCUT2D eigenvalue weighted by Crippen LogP contribution is 2.28. The molecule has 1 amide bonds. The molecule has 2 N–H and O–H groups in total. The molecule has 0 aliphatic carbocycles. The Hall–Kier alpha value is -3.10. The van der Waals surface area contributed by atoms with E-state index in [1.165, 1.54) is 12.3 Å². The number of aromatic nitrogens is 6. The van der Waals surface area contributed by atoms with Crippen molar-refractivity contribution in [2.24, 2.45) is 0 Å². The number of amides is 1. The van der Waals surface area contributed by atoms with Crippen molar-refractivity contribution in [3.63, 3.8) is 0 Å². The van der Waals surface area contributed by atoms with Crippen molar-refractivity contribution < 1.29 is 9.18 Å². The molecule has 1 saturated heterocycles. The van der Waals surface area contributed by atoms with Crippen LogP contribution in [-0.2, 0) is 0 Å². The van der Waals surface area contributed by atoms with Gasteiger partial charge < -0.3 is 4.90 Å². The maximum Gasteiger partial charge on any atom is 0.257 e. The van der Waals surface area contributed by atoms with Crippen LogP contribution in [0.5, 0.6) is 0 Å². The summed E-state index contributed by atoms with van der Waals surface area (Å²) in [4.78, 5) is 14.7. The van der Waals surface area contributed by atoms with Crippen molar-refractivity contribution in [3.8, 4) is 11.3 Å². The number of nitrogens with zero attached hydrogens (tertiary/aromatic N) is 5. The average molecular weight is 341 g/mol. The number of aromatic amines is 2. The molecule has 2 aromatic heterocycles. The van der Waals surface area contributed by atoms with Gasteiger partial charge in [0.1, 0.15) is 5.82 Å². The standard InChI is InChI=1S/C16H16FN7O/c17-13-6-2-1-5-11(13)14-12(8-18-19-14)16(25)24-7-3-4-10(9-24)15-20-22-23-21-15/h1-2,5-6,8,10H,3-4,7,9H2,(H,18,19)(H,20,21,22,23). The monoisotopic (exact) mass is 341 g/mol. The molecule has 1 aromatic carbocycles. The van der Waals surface area contributed by atoms with Crippen LogP contribution in [-0.4, -0.2) is 54.7 Å². The zero-order valence-electron chi connectivity index (χ0n) is 13.3. The van der Waals surface area contributed by atoms with Crippen molar-refractivity contribution >= 4 is 5.91 Å². The molecule has 25 heavy (non-hydrogen) atoms. The van der Waals surface area contributed by atoms with Gasteiger partial charge in [-0.2, -0.15) is 10.3 Å². The van der Waals surface area contributed by atoms with Gasteiger partial charge in [-0.3, -0.25) is 9.89 Å². The number of halogens is 1. The lowest BCUT2D eigenvalue weighted by atomic mass is 9.96. The predicted octanol–water partition coefficient (Wildman–Crippen LogP) is 1.75. The van der Waals surface area contributed by atoms with Crippen LogP contribution in [0.1, 0.15) is 34.9 Å². The lowest BCUT2D eigenvalue weighted by molar-refractivity contribution is 0.0705. The van der Waals surface area contributed by atoms with Crippen molar-refractivity contribution in [1.29, 1.82) is 0 Å². The van der Waals surface area contributed by atoms with Gasteiger partial charge in [0, 0.05) is 24.6 Å². The second-order valence-electron chi connectivity index (χ2n) is 6.00. The van der Waals surface area contributed by atoms with Crippen LogP contribution >= 0.6 is 0 Å². The maximum absolute atomic E-state index is 14.1. The molecule has 0 bridgehead atoms. The Morgan fingerprint density at radius 1 is 1.32 bits per heavy atom. The van der Waals surface area contributed by atoms with Crippen molar-refractivity contribution in [2.45, 2.75) is 18.8 Å². The summed E-state index contributed by atoms with van der Waals surface area (Å²) in [6.45, 7) is 1.13. The van der Waals surface area contributed by atoms with Gasteiger partial charge in [0.2, 0.25) is 0 Å². The lowest BCUT2D eigenvalue weighted by Gasteiger charge is -2.31. The molecule has 3 aromatic rings. The number of likely N-dealkylation sites (tertiary alicyclic amines) is 1. The molecule has 128 valence electrons. The predicted molar refractivity (Wildman–Crippen MR) is 86.0 cm³/mol. The van der Waals surface area contributed by atoms with Gasteiger partial charge in [-0.1, -0.05) is 17.3 Å². The largest absolute Gasteiger partial charge is 0.338 e. The first-order valence-corrected chi connectivity index (χ1v) is 8.05. The minimum atomic E-state index is -0.399. The number of carbonyl (C=O) groups excluding carboxylic acids is 1. The Balaban J connectivity index is 1.60. The molecule has 0 radical (unpaired) electrons. The van der Waals surface area contributed by atoms with Gasteiger partial charge in [-0.05, 0) is 25.0 Å². The van der Waals surface area contributed by atoms with E-state index in [0.29, 0.717) is 35.7 Å². The van der Waals surface area contributed by atoms with Gasteiger partial charge in [-0.15, -0.1) is 10.2 Å². The quantitative estimate of drug-likeness (QED) is 0.755. The summed E-state index contributed by atoms with van der Waals surface area (Å²) >= 11 is 0. The number of nitrogens with one attached hydrogen (secondary N) is 2. The van der Waals surface area contributed by atoms with Crippen molar-refractivity contribution in [3.05, 3.63) is 47.7 Å². The molecule has 3 heterocycles. The van der Waals surface area contributed by atoms with Gasteiger partial charge in [0.25, 0.3) is 5.91 Å². The molecule has 1 unspecified atom stereocenters. The number of piperidine rings is 1. The first-order valence-electron chi connectivity index (χ1n) is 8.05. The van der Waals surface area contributed by atoms with Crippen molar-refractivity contribution in [1.82, 2.24) is 35.7 Å². The molecule has 1 aliphatic heterocycles. The normalized spacial score (nSPS) is 17.6. The number of H-pyrrole nitrogens is 2. The minimum Gasteiger partial charge on any atom is -0.338 e. The van der Waals surface area contributed by atoms with Gasteiger partial charge in [-0.25, -0.2) is 4.39 Å². The Morgan fingerprint density at radius 3 is 3.00 bits per heavy atom. The smallest absolute Gasteiger partial charge is 0.257 e. The summed E-state index contributed by atoms with van der Waals surface area (Å²) in [6, 6.07) is 6.31. The summed E-state index contributed by atoms with van der Waals surface area (Å²) in [5.41, 5.74) is 1.08. The molecular weight excluding hydrogens is 325 g/mol. The van der Waals surface area contributed by atoms with E-state index in [1.54, 1.807) is 23.1 Å². The molecule has 1 atom stereocenters. The number of hydrogen-bond acceptors (Lipinski definition) is 5. The third kappa shape index (κ3) is 2.88. The van der Waals surface area contributed by atoms with Crippen molar-refractivity contribution in [2.75, 3.05) is 13.1 Å². The summed E-state index contributed by atoms with van der Waals surface area (Å²) in [5.74, 6) is 0.0728. The number of benzene rings is 1. The van der Waals surface area contributed by atoms with E-state index in [4.69, 9.17) is 0 Å². The summed E-state index contributed by atoms with van der Waals surface area (Å²) < 4.78 is 14.1. The fourth-order valence-corrected chi connectivity index (χ4v) is 3.20. The Kier molecular flexibility index (Phi) is 3.96. The number of hydrogen-bond donors (Lipinski definition) is 2. The van der Waals surface area contributed by atoms with E-state index < -0.39 is 5.82 Å². The second-order valence-corrected chi connectivity index (χ2v) is 6.00. The topological polar surface area (TPSA) is 103 Å². The van der Waals surface area contributed by atoms with E-state index in [0.717, 1.165) is 12.8 Å². The zero-order valence-corrected chi connectivity index (χ0v) is 13.3. The fourth-order valence-electron chi connectivity index (χ4n) is 3.20. The summed E-state index contributed by atoms with van der Waals surface area (Å²) in [6.07, 6.45) is 3.19. The Morgan fingerprint density at radius 2 is 2.20 bits per heavy atom. The third-order valence-electron chi connectivity index (χ3n) is 4.45. The Bertz CT molecular complexity index is 876. The van der Waals surface area contributed by atoms with Crippen LogP contribution in [0.2, 0.25) is 0 Å². The molecule has 0 spiro atoms. The van der Waals surface area contributed by atoms with E-state index in [2.05, 4.69) is 30.8 Å². The molecular formula is C16H16FN7O. The van der Waals surface area contributed by atoms with Gasteiger partial charge in [0.15, 0.2) is 5.82 Å². The molecule has 1 aliphatic rings. The van der Waals surface area contributed by atoms with Crippen LogP contribution in [0.15, 0.2) is 30.5 Å². The Labute approximate surface area is 142 Å². The highest BCUT2D eigenvalue weighted by Gasteiger charge is 2.30. The lowest BCUT2D eigenvalue weighted by Crippen LogP contribution is -2.39. The molecule has 9 heteroatoms. The highest BCUT2D eigenvalue weighted by atomic mass is 19.1. The van der Waals surface area contributed by atoms with Gasteiger partial charge in [0.05, 0.1) is 17.5 Å². The van der Waals surface area contributed by atoms with Crippen LogP contribution < -0.4 is 0 Å². The number of rotatable bonds is 3.